The highest BCUT2D eigenvalue weighted by molar-refractivity contribution is 5.93. The van der Waals surface area contributed by atoms with Gasteiger partial charge in [-0.3, -0.25) is 4.79 Å². The summed E-state index contributed by atoms with van der Waals surface area (Å²) >= 11 is 0. The summed E-state index contributed by atoms with van der Waals surface area (Å²) in [6, 6.07) is 9.20. The van der Waals surface area contributed by atoms with Crippen LogP contribution in [0, 0.1) is 0 Å². The highest BCUT2D eigenvalue weighted by atomic mass is 16.5. The molecule has 3 N–H and O–H groups in total. The molecule has 2 aromatic rings. The second-order valence-corrected chi connectivity index (χ2v) is 5.16. The molecule has 0 bridgehead atoms. The van der Waals surface area contributed by atoms with Gasteiger partial charge in [0.05, 0.1) is 12.3 Å². The van der Waals surface area contributed by atoms with Crippen molar-refractivity contribution >= 4 is 11.9 Å². The number of ether oxygens (including phenoxy) is 1. The van der Waals surface area contributed by atoms with E-state index >= 15 is 0 Å². The third kappa shape index (κ3) is 4.67. The Kier molecular flexibility index (Phi) is 5.91. The van der Waals surface area contributed by atoms with E-state index in [0.29, 0.717) is 12.3 Å². The molecule has 6 heteroatoms. The van der Waals surface area contributed by atoms with Gasteiger partial charge in [-0.05, 0) is 24.6 Å². The zero-order valence-corrected chi connectivity index (χ0v) is 13.5. The molecule has 0 saturated carbocycles. The average Bonchev–Trinajstić information content (AvgIpc) is 2.57. The van der Waals surface area contributed by atoms with Crippen LogP contribution in [0.2, 0.25) is 0 Å². The molecule has 0 aliphatic heterocycles. The lowest BCUT2D eigenvalue weighted by molar-refractivity contribution is 0.0958. The zero-order chi connectivity index (χ0) is 16.7. The van der Waals surface area contributed by atoms with E-state index in [1.54, 1.807) is 13.1 Å². The van der Waals surface area contributed by atoms with Crippen molar-refractivity contribution in [2.75, 3.05) is 19.4 Å². The van der Waals surface area contributed by atoms with Crippen LogP contribution in [-0.4, -0.2) is 29.5 Å². The Bertz CT molecular complexity index is 673. The third-order valence-electron chi connectivity index (χ3n) is 3.35. The van der Waals surface area contributed by atoms with Crippen LogP contribution in [0.25, 0.3) is 11.3 Å². The first-order valence-electron chi connectivity index (χ1n) is 7.74. The van der Waals surface area contributed by atoms with Gasteiger partial charge in [0.25, 0.3) is 5.91 Å². The number of carbonyl (C=O) groups excluding carboxylic acids is 1. The molecule has 1 aromatic heterocycles. The van der Waals surface area contributed by atoms with E-state index in [1.807, 2.05) is 24.3 Å². The predicted octanol–water partition coefficient (Wildman–Crippen LogP) is 2.65. The molecule has 2 rings (SSSR count). The Morgan fingerprint density at radius 2 is 2.09 bits per heavy atom. The Morgan fingerprint density at radius 1 is 1.26 bits per heavy atom. The number of nitrogens with two attached hydrogens (primary N) is 1. The summed E-state index contributed by atoms with van der Waals surface area (Å²) in [6.07, 6.45) is 3.34. The highest BCUT2D eigenvalue weighted by Gasteiger charge is 2.11. The molecule has 6 nitrogen and oxygen atoms in total. The van der Waals surface area contributed by atoms with Crippen LogP contribution in [0.4, 0.5) is 5.95 Å². The van der Waals surface area contributed by atoms with Gasteiger partial charge in [0.1, 0.15) is 11.4 Å². The van der Waals surface area contributed by atoms with E-state index in [1.165, 1.54) is 0 Å². The van der Waals surface area contributed by atoms with Gasteiger partial charge in [0.2, 0.25) is 5.95 Å². The Morgan fingerprint density at radius 3 is 2.83 bits per heavy atom. The first-order chi connectivity index (χ1) is 11.1. The van der Waals surface area contributed by atoms with Gasteiger partial charge in [-0.2, -0.15) is 0 Å². The molecular formula is C17H22N4O2. The van der Waals surface area contributed by atoms with E-state index in [-0.39, 0.29) is 17.5 Å². The fourth-order valence-electron chi connectivity index (χ4n) is 2.15. The monoisotopic (exact) mass is 314 g/mol. The van der Waals surface area contributed by atoms with E-state index in [2.05, 4.69) is 22.2 Å². The number of anilines is 1. The number of nitrogens with one attached hydrogen (secondary N) is 1. The van der Waals surface area contributed by atoms with Crippen molar-refractivity contribution in [3.8, 4) is 17.0 Å². The quantitative estimate of drug-likeness (QED) is 0.767. The SMILES string of the molecule is CCCCCOc1cccc(-c2cc(C(=O)NC)nc(N)n2)c1. The number of carbonyl (C=O) groups is 1. The Balaban J connectivity index is 2.21. The van der Waals surface area contributed by atoms with Crippen molar-refractivity contribution in [3.05, 3.63) is 36.0 Å². The molecule has 0 aliphatic rings. The number of nitrogens with zero attached hydrogens (tertiary/aromatic N) is 2. The summed E-state index contributed by atoms with van der Waals surface area (Å²) in [6.45, 7) is 2.84. The molecule has 0 radical (unpaired) electrons. The summed E-state index contributed by atoms with van der Waals surface area (Å²) in [5.41, 5.74) is 7.37. The van der Waals surface area contributed by atoms with Gasteiger partial charge in [-0.25, -0.2) is 9.97 Å². The smallest absolute Gasteiger partial charge is 0.269 e. The van der Waals surface area contributed by atoms with Crippen LogP contribution in [0.15, 0.2) is 30.3 Å². The molecule has 1 amide bonds. The number of rotatable bonds is 7. The summed E-state index contributed by atoms with van der Waals surface area (Å²) in [7, 11) is 1.55. The largest absolute Gasteiger partial charge is 0.494 e. The molecule has 0 aliphatic carbocycles. The second kappa shape index (κ2) is 8.12. The number of aromatic nitrogens is 2. The van der Waals surface area contributed by atoms with Crippen LogP contribution in [0.1, 0.15) is 36.7 Å². The van der Waals surface area contributed by atoms with Crippen LogP contribution < -0.4 is 15.8 Å². The normalized spacial score (nSPS) is 10.3. The maximum absolute atomic E-state index is 11.7. The molecule has 1 heterocycles. The maximum atomic E-state index is 11.7. The first-order valence-corrected chi connectivity index (χ1v) is 7.74. The number of benzene rings is 1. The van der Waals surface area contributed by atoms with Gasteiger partial charge in [0.15, 0.2) is 0 Å². The molecular weight excluding hydrogens is 292 g/mol. The maximum Gasteiger partial charge on any atom is 0.269 e. The van der Waals surface area contributed by atoms with Gasteiger partial charge >= 0.3 is 0 Å². The molecule has 23 heavy (non-hydrogen) atoms. The number of amides is 1. The van der Waals surface area contributed by atoms with Gasteiger partial charge < -0.3 is 15.8 Å². The Hall–Kier alpha value is -2.63. The second-order valence-electron chi connectivity index (χ2n) is 5.16. The lowest BCUT2D eigenvalue weighted by Gasteiger charge is -2.09. The number of unbranched alkanes of at least 4 members (excludes halogenated alkanes) is 2. The molecule has 122 valence electrons. The average molecular weight is 314 g/mol. The lowest BCUT2D eigenvalue weighted by atomic mass is 10.1. The molecule has 0 atom stereocenters. The van der Waals surface area contributed by atoms with Crippen LogP contribution in [0.5, 0.6) is 5.75 Å². The minimum absolute atomic E-state index is 0.0652. The summed E-state index contributed by atoms with van der Waals surface area (Å²) in [5.74, 6) is 0.542. The van der Waals surface area contributed by atoms with Gasteiger partial charge in [-0.15, -0.1) is 0 Å². The molecule has 0 spiro atoms. The van der Waals surface area contributed by atoms with E-state index < -0.39 is 0 Å². The van der Waals surface area contributed by atoms with Crippen LogP contribution in [0.3, 0.4) is 0 Å². The predicted molar refractivity (Wildman–Crippen MR) is 90.3 cm³/mol. The number of nitrogen functional groups attached to an aromatic ring is 1. The summed E-state index contributed by atoms with van der Waals surface area (Å²) in [5, 5.41) is 2.53. The first kappa shape index (κ1) is 16.7. The Labute approximate surface area is 136 Å². The molecule has 0 saturated heterocycles. The van der Waals surface area contributed by atoms with Crippen molar-refractivity contribution in [3.63, 3.8) is 0 Å². The van der Waals surface area contributed by atoms with Gasteiger partial charge in [-0.1, -0.05) is 31.9 Å². The molecule has 0 unspecified atom stereocenters. The summed E-state index contributed by atoms with van der Waals surface area (Å²) < 4.78 is 5.75. The number of hydrogen-bond acceptors (Lipinski definition) is 5. The topological polar surface area (TPSA) is 90.1 Å². The standard InChI is InChI=1S/C17H22N4O2/c1-3-4-5-9-23-13-8-6-7-12(10-13)14-11-15(16(22)19-2)21-17(18)20-14/h6-8,10-11H,3-5,9H2,1-2H3,(H,19,22)(H2,18,20,21). The van der Waals surface area contributed by atoms with Crippen molar-refractivity contribution in [1.29, 1.82) is 0 Å². The fraction of sp³-hybridized carbons (Fsp3) is 0.353. The van der Waals surface area contributed by atoms with E-state index in [4.69, 9.17) is 10.5 Å². The van der Waals surface area contributed by atoms with Crippen LogP contribution in [-0.2, 0) is 0 Å². The van der Waals surface area contributed by atoms with Crippen molar-refractivity contribution in [2.45, 2.75) is 26.2 Å². The summed E-state index contributed by atoms with van der Waals surface area (Å²) in [4.78, 5) is 19.9. The highest BCUT2D eigenvalue weighted by Crippen LogP contribution is 2.23. The van der Waals surface area contributed by atoms with E-state index in [9.17, 15) is 4.79 Å². The number of hydrogen-bond donors (Lipinski definition) is 2. The third-order valence-corrected chi connectivity index (χ3v) is 3.35. The van der Waals surface area contributed by atoms with Crippen LogP contribution >= 0.6 is 0 Å². The van der Waals surface area contributed by atoms with Crippen molar-refractivity contribution < 1.29 is 9.53 Å². The minimum atomic E-state index is -0.299. The van der Waals surface area contributed by atoms with E-state index in [0.717, 1.165) is 30.6 Å². The minimum Gasteiger partial charge on any atom is -0.494 e. The van der Waals surface area contributed by atoms with Crippen molar-refractivity contribution in [2.24, 2.45) is 0 Å². The zero-order valence-electron chi connectivity index (χ0n) is 13.5. The van der Waals surface area contributed by atoms with Gasteiger partial charge in [0, 0.05) is 12.6 Å². The van der Waals surface area contributed by atoms with Crippen molar-refractivity contribution in [1.82, 2.24) is 15.3 Å². The fourth-order valence-corrected chi connectivity index (χ4v) is 2.15. The molecule has 0 fully saturated rings. The lowest BCUT2D eigenvalue weighted by Crippen LogP contribution is -2.20. The molecule has 1 aromatic carbocycles.